The summed E-state index contributed by atoms with van der Waals surface area (Å²) in [7, 11) is 0. The van der Waals surface area contributed by atoms with Crippen LogP contribution < -0.4 is 9.80 Å². The van der Waals surface area contributed by atoms with Crippen molar-refractivity contribution in [3.05, 3.63) is 229 Å². The molecule has 4 nitrogen and oxygen atoms in total. The minimum atomic E-state index is 1.11. The number of hydrogen-bond donors (Lipinski definition) is 0. The van der Waals surface area contributed by atoms with Crippen molar-refractivity contribution in [1.82, 2.24) is 9.13 Å². The average Bonchev–Trinajstić information content (AvgIpc) is 3.80. The fourth-order valence-electron chi connectivity index (χ4n) is 9.54. The molecule has 9 aromatic carbocycles. The zero-order chi connectivity index (χ0) is 41.9. The van der Waals surface area contributed by atoms with Gasteiger partial charge in [-0.1, -0.05) is 84.9 Å². The molecular weight excluding hydrogens is 753 g/mol. The molecule has 0 aliphatic heterocycles. The molecule has 11 aromatic rings. The van der Waals surface area contributed by atoms with E-state index in [0.717, 1.165) is 45.5 Å². The lowest BCUT2D eigenvalue weighted by molar-refractivity contribution is 1.16. The molecule has 11 rings (SSSR count). The van der Waals surface area contributed by atoms with Crippen LogP contribution >= 0.6 is 0 Å². The third-order valence-electron chi connectivity index (χ3n) is 12.2. The molecule has 0 N–H and O–H groups in total. The van der Waals surface area contributed by atoms with Crippen LogP contribution in [0.5, 0.6) is 0 Å². The molecule has 0 spiro atoms. The van der Waals surface area contributed by atoms with E-state index in [0.29, 0.717) is 0 Å². The van der Waals surface area contributed by atoms with Gasteiger partial charge in [0.1, 0.15) is 0 Å². The van der Waals surface area contributed by atoms with E-state index in [-0.39, 0.29) is 0 Å². The smallest absolute Gasteiger partial charge is 0.0548 e. The second-order valence-electron chi connectivity index (χ2n) is 16.6. The Morgan fingerprint density at radius 3 is 0.919 bits per heavy atom. The molecule has 62 heavy (non-hydrogen) atoms. The number of hydrogen-bond acceptors (Lipinski definition) is 2. The van der Waals surface area contributed by atoms with Crippen molar-refractivity contribution in [3.8, 4) is 11.4 Å². The summed E-state index contributed by atoms with van der Waals surface area (Å²) in [5, 5.41) is 5.01. The third-order valence-corrected chi connectivity index (χ3v) is 12.2. The largest absolute Gasteiger partial charge is 0.310 e. The first kappa shape index (κ1) is 37.2. The Morgan fingerprint density at radius 2 is 0.597 bits per heavy atom. The first-order valence-corrected chi connectivity index (χ1v) is 21.4. The van der Waals surface area contributed by atoms with Gasteiger partial charge in [0, 0.05) is 67.0 Å². The van der Waals surface area contributed by atoms with Gasteiger partial charge in [-0.3, -0.25) is 0 Å². The highest BCUT2D eigenvalue weighted by Crippen LogP contribution is 2.44. The summed E-state index contributed by atoms with van der Waals surface area (Å²) >= 11 is 0. The number of anilines is 6. The zero-order valence-electron chi connectivity index (χ0n) is 35.4. The number of rotatable bonds is 8. The van der Waals surface area contributed by atoms with Crippen LogP contribution in [0.3, 0.4) is 0 Å². The Morgan fingerprint density at radius 1 is 0.274 bits per heavy atom. The van der Waals surface area contributed by atoms with E-state index in [9.17, 15) is 0 Å². The molecule has 2 aromatic heterocycles. The lowest BCUT2D eigenvalue weighted by Crippen LogP contribution is -2.10. The van der Waals surface area contributed by atoms with Gasteiger partial charge in [-0.2, -0.15) is 0 Å². The molecule has 0 fully saturated rings. The fraction of sp³-hybridized carbons (Fsp3) is 0.0690. The summed E-state index contributed by atoms with van der Waals surface area (Å²) in [6.07, 6.45) is 0. The van der Waals surface area contributed by atoms with Crippen LogP contribution in [0, 0.1) is 27.7 Å². The van der Waals surface area contributed by atoms with Gasteiger partial charge in [0.25, 0.3) is 0 Å². The lowest BCUT2D eigenvalue weighted by atomic mass is 10.1. The molecule has 0 bridgehead atoms. The van der Waals surface area contributed by atoms with E-state index >= 15 is 0 Å². The summed E-state index contributed by atoms with van der Waals surface area (Å²) in [5.41, 5.74) is 18.7. The molecule has 0 saturated carbocycles. The average molecular weight is 799 g/mol. The zero-order valence-corrected chi connectivity index (χ0v) is 35.4. The number of nitrogens with zero attached hydrogens (tertiary/aromatic N) is 4. The topological polar surface area (TPSA) is 16.3 Å². The van der Waals surface area contributed by atoms with Gasteiger partial charge >= 0.3 is 0 Å². The quantitative estimate of drug-likeness (QED) is 0.152. The predicted octanol–water partition coefficient (Wildman–Crippen LogP) is 16.1. The molecule has 0 unspecified atom stereocenters. The maximum absolute atomic E-state index is 2.43. The molecule has 0 radical (unpaired) electrons. The van der Waals surface area contributed by atoms with E-state index < -0.39 is 0 Å². The highest BCUT2D eigenvalue weighted by molar-refractivity contribution is 6.28. The van der Waals surface area contributed by atoms with Crippen molar-refractivity contribution in [1.29, 1.82) is 0 Å². The van der Waals surface area contributed by atoms with Crippen molar-refractivity contribution in [2.75, 3.05) is 9.80 Å². The summed E-state index contributed by atoms with van der Waals surface area (Å²) in [5.74, 6) is 0. The Labute approximate surface area is 362 Å². The van der Waals surface area contributed by atoms with Crippen LogP contribution in [0.1, 0.15) is 22.3 Å². The highest BCUT2D eigenvalue weighted by Gasteiger charge is 2.22. The molecular formula is C58H46N4. The Kier molecular flexibility index (Phi) is 9.01. The normalized spacial score (nSPS) is 11.5. The Balaban J connectivity index is 1.06. The van der Waals surface area contributed by atoms with Gasteiger partial charge in [0.05, 0.1) is 22.1 Å². The predicted molar refractivity (Wildman–Crippen MR) is 263 cm³/mol. The number of fused-ring (bicyclic) bond motifs is 7. The van der Waals surface area contributed by atoms with Crippen LogP contribution in [-0.2, 0) is 0 Å². The molecule has 0 amide bonds. The maximum Gasteiger partial charge on any atom is 0.0548 e. The number of para-hydroxylation sites is 2. The minimum Gasteiger partial charge on any atom is -0.310 e. The Hall–Kier alpha value is -7.82. The standard InChI is InChI=1S/C58H46N4/c1-39-13-9-17-47(35-39)59(48-18-10-14-40(2)36-48)43-25-29-45(30-26-43)61-53-23-7-5-21-51(53)57-55(61)33-34-56-58(57)52-22-6-8-24-54(52)62(56)46-31-27-44(28-32-46)60(49-19-11-15-41(3)37-49)50-20-12-16-42(4)38-50/h5-38H,1-4H3. The molecule has 298 valence electrons. The van der Waals surface area contributed by atoms with E-state index in [1.807, 2.05) is 0 Å². The molecule has 0 aliphatic rings. The van der Waals surface area contributed by atoms with Crippen LogP contribution in [0.25, 0.3) is 55.0 Å². The van der Waals surface area contributed by atoms with E-state index in [2.05, 4.69) is 253 Å². The van der Waals surface area contributed by atoms with Crippen molar-refractivity contribution < 1.29 is 0 Å². The summed E-state index contributed by atoms with van der Waals surface area (Å²) in [6.45, 7) is 8.62. The second-order valence-corrected chi connectivity index (χ2v) is 16.6. The fourth-order valence-corrected chi connectivity index (χ4v) is 9.54. The van der Waals surface area contributed by atoms with Crippen LogP contribution in [-0.4, -0.2) is 9.13 Å². The lowest BCUT2D eigenvalue weighted by Gasteiger charge is -2.26. The summed E-state index contributed by atoms with van der Waals surface area (Å²) in [4.78, 5) is 4.70. The minimum absolute atomic E-state index is 1.11. The molecule has 0 atom stereocenters. The summed E-state index contributed by atoms with van der Waals surface area (Å²) < 4.78 is 4.87. The van der Waals surface area contributed by atoms with Crippen LogP contribution in [0.2, 0.25) is 0 Å². The van der Waals surface area contributed by atoms with Crippen LogP contribution in [0.4, 0.5) is 34.1 Å². The van der Waals surface area contributed by atoms with E-state index in [1.54, 1.807) is 0 Å². The van der Waals surface area contributed by atoms with Crippen molar-refractivity contribution in [2.24, 2.45) is 0 Å². The number of aromatic nitrogens is 2. The van der Waals surface area contributed by atoms with E-state index in [4.69, 9.17) is 0 Å². The SMILES string of the molecule is Cc1cccc(N(c2ccc(-n3c4ccccc4c4c5c6ccccc6n(-c6ccc(N(c7cccc(C)c7)c7cccc(C)c7)cc6)c5ccc43)cc2)c2cccc(C)c2)c1. The van der Waals surface area contributed by atoms with Crippen molar-refractivity contribution >= 4 is 77.7 Å². The van der Waals surface area contributed by atoms with Crippen molar-refractivity contribution in [3.63, 3.8) is 0 Å². The van der Waals surface area contributed by atoms with Crippen LogP contribution in [0.15, 0.2) is 206 Å². The number of aryl methyl sites for hydroxylation is 4. The first-order chi connectivity index (χ1) is 30.4. The van der Waals surface area contributed by atoms with Crippen molar-refractivity contribution in [2.45, 2.75) is 27.7 Å². The third kappa shape index (κ3) is 6.31. The van der Waals surface area contributed by atoms with E-state index in [1.165, 1.54) is 65.9 Å². The molecule has 0 saturated heterocycles. The van der Waals surface area contributed by atoms with Gasteiger partial charge in [-0.15, -0.1) is 0 Å². The van der Waals surface area contributed by atoms with Gasteiger partial charge < -0.3 is 18.9 Å². The second kappa shape index (κ2) is 15.0. The monoisotopic (exact) mass is 798 g/mol. The Bertz CT molecular complexity index is 3140. The summed E-state index contributed by atoms with van der Waals surface area (Å²) in [6, 6.07) is 75.4. The van der Waals surface area contributed by atoms with Gasteiger partial charge in [0.2, 0.25) is 0 Å². The van der Waals surface area contributed by atoms with Gasteiger partial charge in [0.15, 0.2) is 0 Å². The highest BCUT2D eigenvalue weighted by atomic mass is 15.1. The van der Waals surface area contributed by atoms with Gasteiger partial charge in [-0.05, 0) is 171 Å². The molecule has 2 heterocycles. The maximum atomic E-state index is 2.43. The van der Waals surface area contributed by atoms with Gasteiger partial charge in [-0.25, -0.2) is 0 Å². The molecule has 4 heteroatoms. The molecule has 0 aliphatic carbocycles. The number of benzene rings is 9. The first-order valence-electron chi connectivity index (χ1n) is 21.4.